The number of hydrogen-bond donors (Lipinski definition) is 1. The van der Waals surface area contributed by atoms with Crippen molar-refractivity contribution in [2.45, 2.75) is 5.03 Å². The van der Waals surface area contributed by atoms with Crippen LogP contribution in [0.3, 0.4) is 0 Å². The maximum absolute atomic E-state index is 4.47. The molecule has 1 aliphatic heterocycles. The third kappa shape index (κ3) is 1.32. The van der Waals surface area contributed by atoms with Gasteiger partial charge in [-0.05, 0) is 18.2 Å². The van der Waals surface area contributed by atoms with Gasteiger partial charge in [-0.15, -0.1) is 0 Å². The molecule has 0 radical (unpaired) electrons. The normalized spacial score (nSPS) is 12.7. The predicted octanol–water partition coefficient (Wildman–Crippen LogP) is 3.73. The maximum atomic E-state index is 4.47. The smallest absolute Gasteiger partial charge is 0.124 e. The SMILES string of the molecule is c1cnc2c(c1)-c1ccc3cccnc3c1NS2. The first kappa shape index (κ1) is 9.91. The Morgan fingerprint density at radius 3 is 2.78 bits per heavy atom. The molecule has 0 unspecified atom stereocenters. The highest BCUT2D eigenvalue weighted by Gasteiger charge is 2.19. The van der Waals surface area contributed by atoms with Gasteiger partial charge in [-0.2, -0.15) is 0 Å². The number of rotatable bonds is 0. The molecule has 1 aromatic carbocycles. The topological polar surface area (TPSA) is 37.8 Å². The average molecular weight is 251 g/mol. The van der Waals surface area contributed by atoms with E-state index < -0.39 is 0 Å². The fourth-order valence-electron chi connectivity index (χ4n) is 2.25. The molecule has 2 aromatic heterocycles. The van der Waals surface area contributed by atoms with Crippen molar-refractivity contribution >= 4 is 28.5 Å². The van der Waals surface area contributed by atoms with Gasteiger partial charge in [-0.25, -0.2) is 4.98 Å². The van der Waals surface area contributed by atoms with E-state index in [1.807, 2.05) is 24.5 Å². The molecular weight excluding hydrogens is 242 g/mol. The van der Waals surface area contributed by atoms with Gasteiger partial charge in [-0.3, -0.25) is 4.98 Å². The van der Waals surface area contributed by atoms with Crippen LogP contribution in [0.25, 0.3) is 22.0 Å². The molecule has 0 saturated carbocycles. The van der Waals surface area contributed by atoms with Gasteiger partial charge in [0.25, 0.3) is 0 Å². The summed E-state index contributed by atoms with van der Waals surface area (Å²) in [6.45, 7) is 0. The second-order valence-corrected chi connectivity index (χ2v) is 4.92. The number of hydrogen-bond acceptors (Lipinski definition) is 4. The van der Waals surface area contributed by atoms with Crippen molar-refractivity contribution in [3.63, 3.8) is 0 Å². The number of pyridine rings is 2. The minimum Gasteiger partial charge on any atom is -0.322 e. The summed E-state index contributed by atoms with van der Waals surface area (Å²) in [4.78, 5) is 8.85. The van der Waals surface area contributed by atoms with Crippen molar-refractivity contribution in [1.29, 1.82) is 0 Å². The Balaban J connectivity index is 2.09. The van der Waals surface area contributed by atoms with Gasteiger partial charge in [0.15, 0.2) is 0 Å². The zero-order chi connectivity index (χ0) is 11.9. The van der Waals surface area contributed by atoms with E-state index >= 15 is 0 Å². The monoisotopic (exact) mass is 251 g/mol. The minimum atomic E-state index is 1.01. The van der Waals surface area contributed by atoms with Crippen molar-refractivity contribution < 1.29 is 0 Å². The highest BCUT2D eigenvalue weighted by Crippen LogP contribution is 2.43. The maximum Gasteiger partial charge on any atom is 0.124 e. The highest BCUT2D eigenvalue weighted by atomic mass is 32.2. The van der Waals surface area contributed by atoms with Gasteiger partial charge < -0.3 is 4.72 Å². The van der Waals surface area contributed by atoms with Crippen LogP contribution in [0.5, 0.6) is 0 Å². The number of anilines is 1. The molecule has 3 heterocycles. The Bertz CT molecular complexity index is 755. The van der Waals surface area contributed by atoms with E-state index in [4.69, 9.17) is 0 Å². The first-order valence-corrected chi connectivity index (χ1v) is 6.51. The fourth-order valence-corrected chi connectivity index (χ4v) is 3.06. The zero-order valence-corrected chi connectivity index (χ0v) is 10.2. The molecule has 0 bridgehead atoms. The van der Waals surface area contributed by atoms with Gasteiger partial charge in [0.05, 0.1) is 11.2 Å². The van der Waals surface area contributed by atoms with Crippen molar-refractivity contribution in [3.05, 3.63) is 48.8 Å². The van der Waals surface area contributed by atoms with Gasteiger partial charge in [0.1, 0.15) is 5.03 Å². The summed E-state index contributed by atoms with van der Waals surface area (Å²) >= 11 is 1.55. The third-order valence-corrected chi connectivity index (χ3v) is 3.91. The van der Waals surface area contributed by atoms with Gasteiger partial charge in [-0.1, -0.05) is 18.2 Å². The summed E-state index contributed by atoms with van der Waals surface area (Å²) in [6, 6.07) is 12.3. The Labute approximate surface area is 108 Å². The summed E-state index contributed by atoms with van der Waals surface area (Å²) in [7, 11) is 0. The second kappa shape index (κ2) is 3.71. The zero-order valence-electron chi connectivity index (χ0n) is 9.42. The lowest BCUT2D eigenvalue weighted by atomic mass is 10.0. The second-order valence-electron chi connectivity index (χ2n) is 4.12. The average Bonchev–Trinajstić information content (AvgIpc) is 2.46. The van der Waals surface area contributed by atoms with Crippen LogP contribution in [0, 0.1) is 0 Å². The molecule has 86 valence electrons. The van der Waals surface area contributed by atoms with E-state index in [1.165, 1.54) is 11.1 Å². The van der Waals surface area contributed by atoms with Crippen LogP contribution in [0.4, 0.5) is 5.69 Å². The lowest BCUT2D eigenvalue weighted by Gasteiger charge is -2.20. The van der Waals surface area contributed by atoms with Gasteiger partial charge >= 0.3 is 0 Å². The summed E-state index contributed by atoms with van der Waals surface area (Å²) in [5.74, 6) is 0. The van der Waals surface area contributed by atoms with E-state index in [1.54, 1.807) is 11.9 Å². The van der Waals surface area contributed by atoms with Crippen LogP contribution >= 0.6 is 11.9 Å². The lowest BCUT2D eigenvalue weighted by molar-refractivity contribution is 1.14. The number of fused-ring (bicyclic) bond motifs is 5. The number of nitrogens with zero attached hydrogens (tertiary/aromatic N) is 2. The summed E-state index contributed by atoms with van der Waals surface area (Å²) in [6.07, 6.45) is 3.64. The van der Waals surface area contributed by atoms with E-state index in [0.717, 1.165) is 21.6 Å². The molecule has 4 heteroatoms. The third-order valence-electron chi connectivity index (χ3n) is 3.09. The van der Waals surface area contributed by atoms with Crippen LogP contribution in [0.2, 0.25) is 0 Å². The molecule has 0 aliphatic carbocycles. The molecule has 0 amide bonds. The standard InChI is InChI=1S/C14H9N3S/c1-3-9-5-6-10-11-4-2-8-16-14(11)18-17-13(10)12(9)15-7-1/h1-8,17H. The first-order valence-electron chi connectivity index (χ1n) is 5.69. The Morgan fingerprint density at radius 2 is 1.78 bits per heavy atom. The van der Waals surface area contributed by atoms with Crippen molar-refractivity contribution in [2.24, 2.45) is 0 Å². The molecule has 3 aromatic rings. The van der Waals surface area contributed by atoms with Crippen LogP contribution in [-0.2, 0) is 0 Å². The van der Waals surface area contributed by atoms with Gasteiger partial charge in [0.2, 0.25) is 0 Å². The fraction of sp³-hybridized carbons (Fsp3) is 0. The van der Waals surface area contributed by atoms with Crippen LogP contribution in [-0.4, -0.2) is 9.97 Å². The van der Waals surface area contributed by atoms with E-state index in [-0.39, 0.29) is 0 Å². The van der Waals surface area contributed by atoms with Crippen molar-refractivity contribution in [3.8, 4) is 11.1 Å². The molecule has 4 rings (SSSR count). The van der Waals surface area contributed by atoms with E-state index in [2.05, 4.69) is 39.0 Å². The number of nitrogens with one attached hydrogen (secondary N) is 1. The van der Waals surface area contributed by atoms with Crippen molar-refractivity contribution in [2.75, 3.05) is 4.72 Å². The van der Waals surface area contributed by atoms with Crippen LogP contribution < -0.4 is 4.72 Å². The molecule has 3 nitrogen and oxygen atoms in total. The van der Waals surface area contributed by atoms with Gasteiger partial charge in [0, 0.05) is 40.9 Å². The number of aromatic nitrogens is 2. The molecule has 0 fully saturated rings. The summed E-state index contributed by atoms with van der Waals surface area (Å²) < 4.78 is 3.35. The number of benzene rings is 1. The molecule has 18 heavy (non-hydrogen) atoms. The molecular formula is C14H9N3S. The minimum absolute atomic E-state index is 1.01. The van der Waals surface area contributed by atoms with Crippen LogP contribution in [0.1, 0.15) is 0 Å². The molecule has 1 aliphatic rings. The molecule has 0 saturated heterocycles. The Morgan fingerprint density at radius 1 is 0.889 bits per heavy atom. The summed E-state index contributed by atoms with van der Waals surface area (Å²) in [5, 5.41) is 2.16. The molecule has 0 spiro atoms. The Kier molecular flexibility index (Phi) is 2.04. The molecule has 1 N–H and O–H groups in total. The molecule has 0 atom stereocenters. The lowest BCUT2D eigenvalue weighted by Crippen LogP contribution is -2.01. The quantitative estimate of drug-likeness (QED) is 0.618. The largest absolute Gasteiger partial charge is 0.322 e. The summed E-state index contributed by atoms with van der Waals surface area (Å²) in [5.41, 5.74) is 4.43. The highest BCUT2D eigenvalue weighted by molar-refractivity contribution is 8.00. The first-order chi connectivity index (χ1) is 8.93. The van der Waals surface area contributed by atoms with E-state index in [0.29, 0.717) is 0 Å². The van der Waals surface area contributed by atoms with E-state index in [9.17, 15) is 0 Å². The Hall–Kier alpha value is -2.07. The predicted molar refractivity (Wildman–Crippen MR) is 74.5 cm³/mol. The van der Waals surface area contributed by atoms with Crippen LogP contribution in [0.15, 0.2) is 53.8 Å². The van der Waals surface area contributed by atoms with Crippen molar-refractivity contribution in [1.82, 2.24) is 9.97 Å².